The number of benzene rings is 1. The van der Waals surface area contributed by atoms with Crippen molar-refractivity contribution in [1.29, 1.82) is 0 Å². The van der Waals surface area contributed by atoms with Crippen LogP contribution in [-0.4, -0.2) is 6.54 Å². The van der Waals surface area contributed by atoms with Crippen LogP contribution in [0.3, 0.4) is 0 Å². The number of anilines is 1. The normalized spacial score (nSPS) is 18.2. The van der Waals surface area contributed by atoms with Crippen molar-refractivity contribution in [1.82, 2.24) is 0 Å². The number of fused-ring (bicyclic) bond motifs is 1. The molecule has 0 atom stereocenters. The first-order chi connectivity index (χ1) is 6.00. The SMILES string of the molecule is Cc1cc(Cl)cc2c1NCC2(C)C. The minimum Gasteiger partial charge on any atom is -0.384 e. The summed E-state index contributed by atoms with van der Waals surface area (Å²) in [5, 5.41) is 4.27. The predicted octanol–water partition coefficient (Wildman–Crippen LogP) is 3.35. The van der Waals surface area contributed by atoms with Crippen molar-refractivity contribution in [3.05, 3.63) is 28.3 Å². The second-order valence-corrected chi connectivity index (χ2v) is 4.82. The fourth-order valence-electron chi connectivity index (χ4n) is 1.92. The van der Waals surface area contributed by atoms with Crippen molar-refractivity contribution in [2.45, 2.75) is 26.2 Å². The van der Waals surface area contributed by atoms with E-state index in [4.69, 9.17) is 11.6 Å². The number of aryl methyl sites for hydroxylation is 1. The average Bonchev–Trinajstić information content (AvgIpc) is 2.28. The molecule has 0 bridgehead atoms. The van der Waals surface area contributed by atoms with E-state index in [2.05, 4.69) is 32.2 Å². The summed E-state index contributed by atoms with van der Waals surface area (Å²) in [7, 11) is 0. The molecule has 1 aliphatic rings. The Bertz CT molecular complexity index is 355. The monoisotopic (exact) mass is 195 g/mol. The Morgan fingerprint density at radius 3 is 2.77 bits per heavy atom. The van der Waals surface area contributed by atoms with E-state index in [1.807, 2.05) is 6.07 Å². The van der Waals surface area contributed by atoms with Gasteiger partial charge in [0.1, 0.15) is 0 Å². The van der Waals surface area contributed by atoms with Crippen LogP contribution in [0.1, 0.15) is 25.0 Å². The fraction of sp³-hybridized carbons (Fsp3) is 0.455. The molecule has 0 unspecified atom stereocenters. The topological polar surface area (TPSA) is 12.0 Å². The summed E-state index contributed by atoms with van der Waals surface area (Å²) in [5.74, 6) is 0. The quantitative estimate of drug-likeness (QED) is 0.670. The summed E-state index contributed by atoms with van der Waals surface area (Å²) in [6, 6.07) is 4.08. The minimum atomic E-state index is 0.213. The highest BCUT2D eigenvalue weighted by Crippen LogP contribution is 2.39. The van der Waals surface area contributed by atoms with Gasteiger partial charge in [0, 0.05) is 22.7 Å². The third-order valence-corrected chi connectivity index (χ3v) is 2.95. The van der Waals surface area contributed by atoms with Gasteiger partial charge in [-0.3, -0.25) is 0 Å². The summed E-state index contributed by atoms with van der Waals surface area (Å²) in [4.78, 5) is 0. The number of hydrogen-bond donors (Lipinski definition) is 1. The van der Waals surface area contributed by atoms with Crippen molar-refractivity contribution in [3.63, 3.8) is 0 Å². The Kier molecular flexibility index (Phi) is 1.81. The Morgan fingerprint density at radius 2 is 2.08 bits per heavy atom. The molecule has 1 heterocycles. The second kappa shape index (κ2) is 2.65. The van der Waals surface area contributed by atoms with E-state index in [1.165, 1.54) is 16.8 Å². The van der Waals surface area contributed by atoms with Crippen molar-refractivity contribution in [2.75, 3.05) is 11.9 Å². The summed E-state index contributed by atoms with van der Waals surface area (Å²) in [5.41, 5.74) is 4.07. The zero-order valence-electron chi connectivity index (χ0n) is 8.24. The average molecular weight is 196 g/mol. The Labute approximate surface area is 84.1 Å². The molecule has 70 valence electrons. The van der Waals surface area contributed by atoms with Crippen LogP contribution in [0.5, 0.6) is 0 Å². The van der Waals surface area contributed by atoms with Gasteiger partial charge in [-0.05, 0) is 30.2 Å². The molecule has 1 aromatic carbocycles. The molecule has 0 fully saturated rings. The molecule has 2 heteroatoms. The Morgan fingerprint density at radius 1 is 1.38 bits per heavy atom. The van der Waals surface area contributed by atoms with Gasteiger partial charge in [-0.25, -0.2) is 0 Å². The maximum Gasteiger partial charge on any atom is 0.0413 e. The van der Waals surface area contributed by atoms with Crippen LogP contribution in [0.4, 0.5) is 5.69 Å². The van der Waals surface area contributed by atoms with Gasteiger partial charge in [-0.1, -0.05) is 25.4 Å². The molecule has 1 aliphatic heterocycles. The van der Waals surface area contributed by atoms with Crippen molar-refractivity contribution in [3.8, 4) is 0 Å². The van der Waals surface area contributed by atoms with E-state index in [9.17, 15) is 0 Å². The van der Waals surface area contributed by atoms with E-state index in [-0.39, 0.29) is 5.41 Å². The fourth-order valence-corrected chi connectivity index (χ4v) is 2.19. The maximum atomic E-state index is 6.03. The Balaban J connectivity index is 2.65. The summed E-state index contributed by atoms with van der Waals surface area (Å²) < 4.78 is 0. The van der Waals surface area contributed by atoms with E-state index in [1.54, 1.807) is 0 Å². The number of hydrogen-bond acceptors (Lipinski definition) is 1. The van der Waals surface area contributed by atoms with Crippen LogP contribution in [0, 0.1) is 6.92 Å². The highest BCUT2D eigenvalue weighted by atomic mass is 35.5. The van der Waals surface area contributed by atoms with E-state index in [0.717, 1.165) is 11.6 Å². The van der Waals surface area contributed by atoms with Crippen molar-refractivity contribution >= 4 is 17.3 Å². The molecular formula is C11H14ClN. The first kappa shape index (κ1) is 8.89. The van der Waals surface area contributed by atoms with Gasteiger partial charge in [-0.2, -0.15) is 0 Å². The van der Waals surface area contributed by atoms with Crippen LogP contribution < -0.4 is 5.32 Å². The van der Waals surface area contributed by atoms with Gasteiger partial charge in [0.2, 0.25) is 0 Å². The van der Waals surface area contributed by atoms with Gasteiger partial charge in [-0.15, -0.1) is 0 Å². The van der Waals surface area contributed by atoms with Gasteiger partial charge in [0.25, 0.3) is 0 Å². The summed E-state index contributed by atoms with van der Waals surface area (Å²) >= 11 is 6.03. The molecule has 0 saturated heterocycles. The molecule has 0 aromatic heterocycles. The predicted molar refractivity (Wildman–Crippen MR) is 57.7 cm³/mol. The van der Waals surface area contributed by atoms with Crippen LogP contribution >= 0.6 is 11.6 Å². The molecule has 0 amide bonds. The first-order valence-electron chi connectivity index (χ1n) is 4.55. The van der Waals surface area contributed by atoms with Crippen LogP contribution in [-0.2, 0) is 5.41 Å². The first-order valence-corrected chi connectivity index (χ1v) is 4.93. The van der Waals surface area contributed by atoms with E-state index < -0.39 is 0 Å². The van der Waals surface area contributed by atoms with Gasteiger partial charge in [0.15, 0.2) is 0 Å². The Hall–Kier alpha value is -0.690. The van der Waals surface area contributed by atoms with Crippen LogP contribution in [0.15, 0.2) is 12.1 Å². The molecular weight excluding hydrogens is 182 g/mol. The highest BCUT2D eigenvalue weighted by Gasteiger charge is 2.30. The van der Waals surface area contributed by atoms with Crippen molar-refractivity contribution in [2.24, 2.45) is 0 Å². The lowest BCUT2D eigenvalue weighted by molar-refractivity contribution is 0.586. The van der Waals surface area contributed by atoms with Gasteiger partial charge in [0.05, 0.1) is 0 Å². The molecule has 1 N–H and O–H groups in total. The lowest BCUT2D eigenvalue weighted by atomic mass is 9.86. The third kappa shape index (κ3) is 1.31. The number of nitrogens with one attached hydrogen (secondary N) is 1. The summed E-state index contributed by atoms with van der Waals surface area (Å²) in [6.45, 7) is 7.58. The van der Waals surface area contributed by atoms with Gasteiger partial charge >= 0.3 is 0 Å². The standard InChI is InChI=1S/C11H14ClN/c1-7-4-8(12)5-9-10(7)13-6-11(9,2)3/h4-5,13H,6H2,1-3H3. The van der Waals surface area contributed by atoms with Crippen LogP contribution in [0.2, 0.25) is 5.02 Å². The number of rotatable bonds is 0. The lowest BCUT2D eigenvalue weighted by Crippen LogP contribution is -2.18. The molecule has 0 radical (unpaired) electrons. The maximum absolute atomic E-state index is 6.03. The second-order valence-electron chi connectivity index (χ2n) is 4.38. The largest absolute Gasteiger partial charge is 0.384 e. The molecule has 0 spiro atoms. The smallest absolute Gasteiger partial charge is 0.0413 e. The minimum absolute atomic E-state index is 0.213. The molecule has 2 rings (SSSR count). The molecule has 1 nitrogen and oxygen atoms in total. The number of halogens is 1. The zero-order valence-corrected chi connectivity index (χ0v) is 9.00. The lowest BCUT2D eigenvalue weighted by Gasteiger charge is -2.17. The van der Waals surface area contributed by atoms with Crippen molar-refractivity contribution < 1.29 is 0 Å². The summed E-state index contributed by atoms with van der Waals surface area (Å²) in [6.07, 6.45) is 0. The zero-order chi connectivity index (χ0) is 9.64. The molecule has 13 heavy (non-hydrogen) atoms. The van der Waals surface area contributed by atoms with Gasteiger partial charge < -0.3 is 5.32 Å². The molecule has 0 aliphatic carbocycles. The van der Waals surface area contributed by atoms with Crippen LogP contribution in [0.25, 0.3) is 0 Å². The third-order valence-electron chi connectivity index (χ3n) is 2.74. The van der Waals surface area contributed by atoms with E-state index >= 15 is 0 Å². The molecule has 1 aromatic rings. The molecule has 0 saturated carbocycles. The highest BCUT2D eigenvalue weighted by molar-refractivity contribution is 6.30. The van der Waals surface area contributed by atoms with E-state index in [0.29, 0.717) is 0 Å².